The van der Waals surface area contributed by atoms with Crippen LogP contribution in [0.3, 0.4) is 0 Å². The normalized spacial score (nSPS) is 11.1. The molecule has 0 aliphatic carbocycles. The maximum absolute atomic E-state index is 13.0. The fourth-order valence-corrected chi connectivity index (χ4v) is 3.94. The zero-order valence-electron chi connectivity index (χ0n) is 17.6. The summed E-state index contributed by atoms with van der Waals surface area (Å²) in [6.45, 7) is 1.87. The predicted molar refractivity (Wildman–Crippen MR) is 124 cm³/mol. The van der Waals surface area contributed by atoms with Gasteiger partial charge in [-0.1, -0.05) is 24.3 Å². The summed E-state index contributed by atoms with van der Waals surface area (Å²) < 4.78 is 3.29. The molecule has 7 nitrogen and oxygen atoms in total. The summed E-state index contributed by atoms with van der Waals surface area (Å²) in [6.07, 6.45) is 2.41. The molecule has 0 aliphatic rings. The number of para-hydroxylation sites is 1. The quantitative estimate of drug-likeness (QED) is 0.469. The summed E-state index contributed by atoms with van der Waals surface area (Å²) in [5.74, 6) is -0.154. The number of thioether (sulfide) groups is 1. The van der Waals surface area contributed by atoms with Gasteiger partial charge in [0.2, 0.25) is 5.91 Å². The number of fused-ring (bicyclic) bond motifs is 1. The lowest BCUT2D eigenvalue weighted by molar-refractivity contribution is -0.116. The lowest BCUT2D eigenvalue weighted by Crippen LogP contribution is -2.25. The first kappa shape index (κ1) is 20.9. The van der Waals surface area contributed by atoms with Gasteiger partial charge in [0.05, 0.1) is 11.4 Å². The maximum atomic E-state index is 13.0. The Balaban J connectivity index is 1.59. The first-order valence-corrected chi connectivity index (χ1v) is 11.1. The molecule has 0 radical (unpaired) electrons. The molecule has 8 heteroatoms. The lowest BCUT2D eigenvalue weighted by Gasteiger charge is -2.09. The van der Waals surface area contributed by atoms with Crippen LogP contribution in [0.1, 0.15) is 17.8 Å². The zero-order valence-corrected chi connectivity index (χ0v) is 18.4. The molecule has 2 heterocycles. The van der Waals surface area contributed by atoms with Gasteiger partial charge < -0.3 is 5.32 Å². The van der Waals surface area contributed by atoms with Crippen LogP contribution in [0.15, 0.2) is 64.3 Å². The molecule has 1 amide bonds. The number of nitrogens with zero attached hydrogens (tertiary/aromatic N) is 4. The second-order valence-electron chi connectivity index (χ2n) is 7.21. The van der Waals surface area contributed by atoms with Crippen LogP contribution in [0.2, 0.25) is 0 Å². The highest BCUT2D eigenvalue weighted by atomic mass is 32.2. The Bertz CT molecular complexity index is 1310. The number of hydrogen-bond donors (Lipinski definition) is 1. The number of hydrogen-bond acceptors (Lipinski definition) is 5. The van der Waals surface area contributed by atoms with Crippen LogP contribution in [-0.2, 0) is 18.3 Å². The van der Waals surface area contributed by atoms with Crippen molar-refractivity contribution < 1.29 is 4.79 Å². The van der Waals surface area contributed by atoms with Crippen molar-refractivity contribution in [3.63, 3.8) is 0 Å². The molecule has 158 valence electrons. The summed E-state index contributed by atoms with van der Waals surface area (Å²) in [4.78, 5) is 31.0. The van der Waals surface area contributed by atoms with Crippen LogP contribution in [0.5, 0.6) is 0 Å². The van der Waals surface area contributed by atoms with Crippen molar-refractivity contribution in [2.45, 2.75) is 24.7 Å². The number of amides is 1. The Kier molecular flexibility index (Phi) is 5.90. The van der Waals surface area contributed by atoms with E-state index in [2.05, 4.69) is 15.4 Å². The molecule has 1 N–H and O–H groups in total. The Morgan fingerprint density at radius 1 is 1.13 bits per heavy atom. The lowest BCUT2D eigenvalue weighted by atomic mass is 10.2. The second-order valence-corrected chi connectivity index (χ2v) is 8.09. The summed E-state index contributed by atoms with van der Waals surface area (Å²) in [6, 6.07) is 17.3. The fourth-order valence-electron chi connectivity index (χ4n) is 3.48. The molecule has 0 bridgehead atoms. The van der Waals surface area contributed by atoms with Crippen LogP contribution in [0, 0.1) is 6.92 Å². The van der Waals surface area contributed by atoms with Crippen molar-refractivity contribution >= 4 is 34.5 Å². The van der Waals surface area contributed by atoms with Gasteiger partial charge in [0.15, 0.2) is 5.65 Å². The summed E-state index contributed by atoms with van der Waals surface area (Å²) in [7, 11) is 1.71. The van der Waals surface area contributed by atoms with E-state index in [4.69, 9.17) is 0 Å². The molecule has 0 spiro atoms. The average Bonchev–Trinajstić information content (AvgIpc) is 3.12. The number of nitrogens with one attached hydrogen (secondary N) is 1. The van der Waals surface area contributed by atoms with E-state index in [1.165, 1.54) is 0 Å². The van der Waals surface area contributed by atoms with E-state index in [-0.39, 0.29) is 24.3 Å². The Morgan fingerprint density at radius 2 is 1.90 bits per heavy atom. The standard InChI is InChI=1S/C23H23N5O2S/c1-15-21-22(28(26-15)17-9-5-4-6-10-17)27(2)23(30)19(25-21)12-13-20(29)24-16-8-7-11-18(14-16)31-3/h4-11,14H,12-13H2,1-3H3,(H,24,29). The highest BCUT2D eigenvalue weighted by molar-refractivity contribution is 7.98. The van der Waals surface area contributed by atoms with E-state index in [0.29, 0.717) is 16.9 Å². The number of benzene rings is 2. The van der Waals surface area contributed by atoms with Gasteiger partial charge in [0.1, 0.15) is 11.2 Å². The Hall–Kier alpha value is -3.39. The topological polar surface area (TPSA) is 81.8 Å². The second kappa shape index (κ2) is 8.77. The fraction of sp³-hybridized carbons (Fsp3) is 0.217. The molecule has 31 heavy (non-hydrogen) atoms. The smallest absolute Gasteiger partial charge is 0.273 e. The van der Waals surface area contributed by atoms with E-state index in [0.717, 1.165) is 22.0 Å². The predicted octanol–water partition coefficient (Wildman–Crippen LogP) is 3.72. The molecule has 2 aromatic carbocycles. The number of aromatic nitrogens is 4. The third-order valence-electron chi connectivity index (χ3n) is 5.06. The molecule has 2 aromatic heterocycles. The number of carbonyl (C=O) groups excluding carboxylic acids is 1. The molecule has 0 saturated heterocycles. The van der Waals surface area contributed by atoms with Crippen molar-refractivity contribution in [1.29, 1.82) is 0 Å². The minimum atomic E-state index is -0.221. The minimum Gasteiger partial charge on any atom is -0.326 e. The van der Waals surface area contributed by atoms with Gasteiger partial charge in [-0.3, -0.25) is 14.2 Å². The molecule has 0 aliphatic heterocycles. The van der Waals surface area contributed by atoms with Crippen LogP contribution >= 0.6 is 11.8 Å². The zero-order chi connectivity index (χ0) is 22.0. The van der Waals surface area contributed by atoms with Gasteiger partial charge in [-0.25, -0.2) is 9.67 Å². The molecular weight excluding hydrogens is 410 g/mol. The highest BCUT2D eigenvalue weighted by Crippen LogP contribution is 2.20. The van der Waals surface area contributed by atoms with Gasteiger partial charge in [-0.05, 0) is 43.5 Å². The monoisotopic (exact) mass is 433 g/mol. The number of aryl methyl sites for hydroxylation is 3. The summed E-state index contributed by atoms with van der Waals surface area (Å²) in [5.41, 5.74) is 3.77. The summed E-state index contributed by atoms with van der Waals surface area (Å²) >= 11 is 1.61. The average molecular weight is 434 g/mol. The van der Waals surface area contributed by atoms with E-state index >= 15 is 0 Å². The van der Waals surface area contributed by atoms with Crippen molar-refractivity contribution in [3.8, 4) is 5.69 Å². The molecule has 0 saturated carbocycles. The van der Waals surface area contributed by atoms with E-state index in [9.17, 15) is 9.59 Å². The van der Waals surface area contributed by atoms with E-state index < -0.39 is 0 Å². The van der Waals surface area contributed by atoms with Crippen LogP contribution in [0.4, 0.5) is 5.69 Å². The molecule has 4 aromatic rings. The van der Waals surface area contributed by atoms with Crippen molar-refractivity contribution in [3.05, 3.63) is 76.3 Å². The Labute approximate surface area is 184 Å². The maximum Gasteiger partial charge on any atom is 0.273 e. The third-order valence-corrected chi connectivity index (χ3v) is 5.79. The van der Waals surface area contributed by atoms with Crippen LogP contribution < -0.4 is 10.9 Å². The van der Waals surface area contributed by atoms with E-state index in [1.54, 1.807) is 28.1 Å². The third kappa shape index (κ3) is 4.25. The number of rotatable bonds is 6. The molecule has 0 atom stereocenters. The number of carbonyl (C=O) groups is 1. The van der Waals surface area contributed by atoms with Crippen molar-refractivity contribution in [2.24, 2.45) is 7.05 Å². The van der Waals surface area contributed by atoms with Crippen molar-refractivity contribution in [2.75, 3.05) is 11.6 Å². The molecule has 4 rings (SSSR count). The largest absolute Gasteiger partial charge is 0.326 e. The first-order valence-electron chi connectivity index (χ1n) is 9.92. The van der Waals surface area contributed by atoms with Gasteiger partial charge in [-0.2, -0.15) is 5.10 Å². The van der Waals surface area contributed by atoms with E-state index in [1.807, 2.05) is 67.8 Å². The van der Waals surface area contributed by atoms with Gasteiger partial charge in [0, 0.05) is 30.5 Å². The van der Waals surface area contributed by atoms with Gasteiger partial charge >= 0.3 is 0 Å². The Morgan fingerprint density at radius 3 is 2.65 bits per heavy atom. The highest BCUT2D eigenvalue weighted by Gasteiger charge is 2.18. The SMILES string of the molecule is CSc1cccc(NC(=O)CCc2nc3c(C)nn(-c4ccccc4)c3n(C)c2=O)c1. The molecule has 0 unspecified atom stereocenters. The summed E-state index contributed by atoms with van der Waals surface area (Å²) in [5, 5.41) is 7.47. The van der Waals surface area contributed by atoms with Crippen molar-refractivity contribution in [1.82, 2.24) is 19.3 Å². The molecular formula is C23H23N5O2S. The van der Waals surface area contributed by atoms with Crippen LogP contribution in [0.25, 0.3) is 16.9 Å². The number of anilines is 1. The van der Waals surface area contributed by atoms with Crippen LogP contribution in [-0.4, -0.2) is 31.5 Å². The first-order chi connectivity index (χ1) is 15.0. The van der Waals surface area contributed by atoms with Gasteiger partial charge in [-0.15, -0.1) is 11.8 Å². The molecule has 0 fully saturated rings. The van der Waals surface area contributed by atoms with Gasteiger partial charge in [0.25, 0.3) is 5.56 Å². The minimum absolute atomic E-state index is 0.154.